The van der Waals surface area contributed by atoms with Crippen molar-refractivity contribution in [3.05, 3.63) is 72.9 Å². The number of unbranched alkanes of at least 4 members (excludes halogenated alkanes) is 5. The molecule has 0 aromatic rings. The maximum Gasteiger partial charge on any atom is 0.472 e. The van der Waals surface area contributed by atoms with Crippen molar-refractivity contribution in [2.75, 3.05) is 40.9 Å². The van der Waals surface area contributed by atoms with Gasteiger partial charge in [0.1, 0.15) is 13.2 Å². The van der Waals surface area contributed by atoms with Crippen LogP contribution in [0.4, 0.5) is 0 Å². The van der Waals surface area contributed by atoms with E-state index in [1.54, 1.807) is 6.08 Å². The van der Waals surface area contributed by atoms with Crippen LogP contribution < -0.4 is 5.32 Å². The largest absolute Gasteiger partial charge is 0.472 e. The molecule has 3 unspecified atom stereocenters. The number of nitrogens with one attached hydrogen (secondary N) is 1. The van der Waals surface area contributed by atoms with E-state index in [2.05, 4.69) is 66.9 Å². The van der Waals surface area contributed by atoms with Gasteiger partial charge in [0.2, 0.25) is 5.91 Å². The van der Waals surface area contributed by atoms with Crippen LogP contribution in [0.2, 0.25) is 0 Å². The van der Waals surface area contributed by atoms with Crippen molar-refractivity contribution in [2.45, 2.75) is 103 Å². The summed E-state index contributed by atoms with van der Waals surface area (Å²) in [5, 5.41) is 13.6. The molecular formula is C35H62N2O6P+. The predicted molar refractivity (Wildman–Crippen MR) is 184 cm³/mol. The molecule has 8 nitrogen and oxygen atoms in total. The number of hydrogen-bond donors (Lipinski definition) is 3. The molecule has 0 aliphatic carbocycles. The Morgan fingerprint density at radius 1 is 0.818 bits per heavy atom. The Morgan fingerprint density at radius 3 is 2.05 bits per heavy atom. The number of rotatable bonds is 27. The van der Waals surface area contributed by atoms with Crippen LogP contribution in [0.25, 0.3) is 0 Å². The summed E-state index contributed by atoms with van der Waals surface area (Å²) in [4.78, 5) is 22.8. The van der Waals surface area contributed by atoms with Gasteiger partial charge in [-0.2, -0.15) is 0 Å². The second-order valence-corrected chi connectivity index (χ2v) is 13.2. The van der Waals surface area contributed by atoms with Gasteiger partial charge in [-0.3, -0.25) is 13.8 Å². The highest BCUT2D eigenvalue weighted by molar-refractivity contribution is 7.47. The number of quaternary nitrogens is 1. The fraction of sp³-hybridized carbons (Fsp3) is 0.629. The molecule has 0 saturated carbocycles. The molecule has 0 aromatic heterocycles. The molecule has 0 heterocycles. The Labute approximate surface area is 268 Å². The number of phosphoric ester groups is 1. The van der Waals surface area contributed by atoms with Gasteiger partial charge in [-0.05, 0) is 71.1 Å². The van der Waals surface area contributed by atoms with E-state index in [0.29, 0.717) is 17.4 Å². The van der Waals surface area contributed by atoms with Crippen LogP contribution in [0, 0.1) is 0 Å². The van der Waals surface area contributed by atoms with Gasteiger partial charge in [-0.15, -0.1) is 0 Å². The average molecular weight is 638 g/mol. The number of aliphatic hydroxyl groups is 1. The number of carbonyl (C=O) groups excluding carboxylic acids is 1. The zero-order valence-corrected chi connectivity index (χ0v) is 29.0. The maximum absolute atomic E-state index is 12.7. The number of phosphoric acid groups is 1. The second-order valence-electron chi connectivity index (χ2n) is 11.8. The summed E-state index contributed by atoms with van der Waals surface area (Å²) in [6.07, 6.45) is 34.3. The Bertz CT molecular complexity index is 949. The van der Waals surface area contributed by atoms with Gasteiger partial charge in [0.25, 0.3) is 0 Å². The highest BCUT2D eigenvalue weighted by atomic mass is 31.2. The summed E-state index contributed by atoms with van der Waals surface area (Å²) in [5.41, 5.74) is 0. The van der Waals surface area contributed by atoms with Crippen LogP contribution in [0.15, 0.2) is 72.9 Å². The zero-order valence-electron chi connectivity index (χ0n) is 28.1. The van der Waals surface area contributed by atoms with Gasteiger partial charge in [0, 0.05) is 6.42 Å². The minimum Gasteiger partial charge on any atom is -0.387 e. The van der Waals surface area contributed by atoms with E-state index in [9.17, 15) is 19.4 Å². The molecule has 0 rings (SSSR count). The molecule has 44 heavy (non-hydrogen) atoms. The SMILES string of the molecule is C/C=C/CC/C=C/CC/C=C/C(O)C(COP(=O)(O)OCC[N+](C)(C)C)NC(=O)CCCCC/C=C\C/C=C\C/C=C\CC. The van der Waals surface area contributed by atoms with Crippen molar-refractivity contribution in [3.63, 3.8) is 0 Å². The van der Waals surface area contributed by atoms with Gasteiger partial charge in [-0.25, -0.2) is 4.57 Å². The number of nitrogens with zero attached hydrogens (tertiary/aromatic N) is 1. The lowest BCUT2D eigenvalue weighted by Gasteiger charge is -2.25. The third-order valence-electron chi connectivity index (χ3n) is 6.48. The molecule has 0 spiro atoms. The number of hydrogen-bond acceptors (Lipinski definition) is 5. The van der Waals surface area contributed by atoms with E-state index in [1.165, 1.54) is 0 Å². The van der Waals surface area contributed by atoms with Crippen LogP contribution in [-0.2, 0) is 18.4 Å². The second kappa shape index (κ2) is 27.3. The first kappa shape index (κ1) is 41.9. The standard InChI is InChI=1S/C35H61N2O6P/c1-6-8-10-12-14-16-17-18-19-21-23-25-27-29-35(39)36-33(32-43-44(40,41)42-31-30-37(3,4)5)34(38)28-26-24-22-20-15-13-11-9-7-2/h7-10,14-16,18-20,26,28,33-34,38H,6,11-13,17,21-25,27,29-32H2,1-5H3,(H-,36,39,40,41)/p+1/b9-7+,10-8-,16-14-,19-18-,20-15+,28-26+. The molecule has 9 heteroatoms. The van der Waals surface area contributed by atoms with E-state index in [-0.39, 0.29) is 19.1 Å². The lowest BCUT2D eigenvalue weighted by molar-refractivity contribution is -0.870. The topological polar surface area (TPSA) is 105 Å². The van der Waals surface area contributed by atoms with Crippen LogP contribution in [-0.4, -0.2) is 73.4 Å². The first-order valence-corrected chi connectivity index (χ1v) is 17.8. The van der Waals surface area contributed by atoms with Gasteiger partial charge >= 0.3 is 7.82 Å². The summed E-state index contributed by atoms with van der Waals surface area (Å²) < 4.78 is 23.3. The Balaban J connectivity index is 4.73. The molecule has 0 aliphatic heterocycles. The fourth-order valence-electron chi connectivity index (χ4n) is 3.85. The number of carbonyl (C=O) groups is 1. The van der Waals surface area contributed by atoms with E-state index in [0.717, 1.165) is 70.6 Å². The van der Waals surface area contributed by atoms with Crippen molar-refractivity contribution in [2.24, 2.45) is 0 Å². The molecule has 0 saturated heterocycles. The number of aliphatic hydroxyl groups excluding tert-OH is 1. The minimum atomic E-state index is -4.34. The number of allylic oxidation sites excluding steroid dienone is 11. The molecule has 3 N–H and O–H groups in total. The molecule has 3 atom stereocenters. The smallest absolute Gasteiger partial charge is 0.387 e. The van der Waals surface area contributed by atoms with E-state index in [4.69, 9.17) is 9.05 Å². The molecule has 0 bridgehead atoms. The van der Waals surface area contributed by atoms with E-state index < -0.39 is 20.0 Å². The number of likely N-dealkylation sites (N-methyl/N-ethyl adjacent to an activating group) is 1. The van der Waals surface area contributed by atoms with Crippen molar-refractivity contribution in [1.29, 1.82) is 0 Å². The summed E-state index contributed by atoms with van der Waals surface area (Å²) in [7, 11) is 1.50. The van der Waals surface area contributed by atoms with E-state index in [1.807, 2.05) is 40.2 Å². The Morgan fingerprint density at radius 2 is 1.41 bits per heavy atom. The van der Waals surface area contributed by atoms with Crippen molar-refractivity contribution in [3.8, 4) is 0 Å². The van der Waals surface area contributed by atoms with Crippen LogP contribution in [0.3, 0.4) is 0 Å². The lowest BCUT2D eigenvalue weighted by atomic mass is 10.1. The zero-order chi connectivity index (χ0) is 32.9. The third kappa shape index (κ3) is 28.7. The minimum absolute atomic E-state index is 0.0432. The van der Waals surface area contributed by atoms with E-state index >= 15 is 0 Å². The molecule has 0 fully saturated rings. The predicted octanol–water partition coefficient (Wildman–Crippen LogP) is 7.73. The van der Waals surface area contributed by atoms with Crippen molar-refractivity contribution >= 4 is 13.7 Å². The highest BCUT2D eigenvalue weighted by Gasteiger charge is 2.27. The molecular weight excluding hydrogens is 575 g/mol. The summed E-state index contributed by atoms with van der Waals surface area (Å²) in [5.74, 6) is -0.230. The molecule has 0 radical (unpaired) electrons. The monoisotopic (exact) mass is 637 g/mol. The van der Waals surface area contributed by atoms with Crippen LogP contribution in [0.1, 0.15) is 90.9 Å². The normalized spacial score (nSPS) is 15.9. The summed E-state index contributed by atoms with van der Waals surface area (Å²) in [6, 6.07) is -0.883. The molecule has 1 amide bonds. The van der Waals surface area contributed by atoms with Gasteiger partial charge in [0.15, 0.2) is 0 Å². The molecule has 0 aliphatic rings. The average Bonchev–Trinajstić information content (AvgIpc) is 2.95. The fourth-order valence-corrected chi connectivity index (χ4v) is 4.59. The Kier molecular flexibility index (Phi) is 26.0. The van der Waals surface area contributed by atoms with Crippen LogP contribution in [0.5, 0.6) is 0 Å². The van der Waals surface area contributed by atoms with Gasteiger partial charge in [0.05, 0.1) is 39.9 Å². The van der Waals surface area contributed by atoms with Crippen LogP contribution >= 0.6 is 7.82 Å². The van der Waals surface area contributed by atoms with Crippen molar-refractivity contribution < 1.29 is 32.9 Å². The third-order valence-corrected chi connectivity index (χ3v) is 7.47. The van der Waals surface area contributed by atoms with Crippen molar-refractivity contribution in [1.82, 2.24) is 5.32 Å². The first-order chi connectivity index (χ1) is 21.0. The van der Waals surface area contributed by atoms with Gasteiger partial charge in [-0.1, -0.05) is 86.3 Å². The summed E-state index contributed by atoms with van der Waals surface area (Å²) >= 11 is 0. The maximum atomic E-state index is 12.7. The number of amides is 1. The first-order valence-electron chi connectivity index (χ1n) is 16.3. The summed E-state index contributed by atoms with van der Waals surface area (Å²) in [6.45, 7) is 4.35. The van der Waals surface area contributed by atoms with Gasteiger partial charge < -0.3 is 19.8 Å². The lowest BCUT2D eigenvalue weighted by Crippen LogP contribution is -2.45. The Hall–Kier alpha value is -2.06. The molecule has 252 valence electrons. The molecule has 0 aromatic carbocycles. The highest BCUT2D eigenvalue weighted by Crippen LogP contribution is 2.43. The quantitative estimate of drug-likeness (QED) is 0.0369.